The number of nitrogens with zero attached hydrogens (tertiary/aromatic N) is 2. The molecule has 2 heterocycles. The molecule has 2 aromatic heterocycles. The maximum Gasteiger partial charge on any atom is 0.129 e. The molecule has 2 aromatic rings. The fourth-order valence-corrected chi connectivity index (χ4v) is 1.30. The monoisotopic (exact) mass is 166 g/mol. The summed E-state index contributed by atoms with van der Waals surface area (Å²) in [5, 5.41) is 1.68. The van der Waals surface area contributed by atoms with E-state index in [2.05, 4.69) is 4.98 Å². The first kappa shape index (κ1) is 6.68. The second-order valence-corrected chi connectivity index (χ2v) is 2.88. The fraction of sp³-hybridized carbons (Fsp3) is 0.125. The Labute approximate surface area is 69.4 Å². The Morgan fingerprint density at radius 3 is 3.18 bits per heavy atom. The van der Waals surface area contributed by atoms with Gasteiger partial charge in [0.1, 0.15) is 5.15 Å². The van der Waals surface area contributed by atoms with Gasteiger partial charge in [-0.1, -0.05) is 11.6 Å². The Bertz CT molecular complexity index is 392. The van der Waals surface area contributed by atoms with Crippen LogP contribution in [-0.4, -0.2) is 9.55 Å². The molecule has 0 fully saturated rings. The molecule has 0 radical (unpaired) electrons. The van der Waals surface area contributed by atoms with Gasteiger partial charge < -0.3 is 4.57 Å². The lowest BCUT2D eigenvalue weighted by Gasteiger charge is -1.94. The van der Waals surface area contributed by atoms with Gasteiger partial charge >= 0.3 is 0 Å². The van der Waals surface area contributed by atoms with Gasteiger partial charge in [-0.3, -0.25) is 0 Å². The summed E-state index contributed by atoms with van der Waals surface area (Å²) >= 11 is 5.71. The van der Waals surface area contributed by atoms with Crippen LogP contribution in [-0.2, 0) is 7.05 Å². The highest BCUT2D eigenvalue weighted by molar-refractivity contribution is 6.30. The molecule has 0 N–H and O–H groups in total. The van der Waals surface area contributed by atoms with Crippen molar-refractivity contribution in [2.24, 2.45) is 7.05 Å². The van der Waals surface area contributed by atoms with E-state index in [9.17, 15) is 0 Å². The van der Waals surface area contributed by atoms with E-state index in [1.165, 1.54) is 0 Å². The summed E-state index contributed by atoms with van der Waals surface area (Å²) in [5.74, 6) is 0. The van der Waals surface area contributed by atoms with Crippen molar-refractivity contribution in [2.75, 3.05) is 0 Å². The Morgan fingerprint density at radius 1 is 1.55 bits per heavy atom. The number of hydrogen-bond acceptors (Lipinski definition) is 1. The SMILES string of the molecule is Cn1ccc2cc(Cl)ncc21. The summed E-state index contributed by atoms with van der Waals surface area (Å²) in [6, 6.07) is 3.87. The molecular formula is C8H7ClN2. The number of aryl methyl sites for hydroxylation is 1. The fourth-order valence-electron chi connectivity index (χ4n) is 1.14. The van der Waals surface area contributed by atoms with Gasteiger partial charge in [-0.05, 0) is 12.1 Å². The molecule has 3 heteroatoms. The van der Waals surface area contributed by atoms with Crippen LogP contribution in [0.5, 0.6) is 0 Å². The van der Waals surface area contributed by atoms with Gasteiger partial charge in [0.2, 0.25) is 0 Å². The zero-order valence-corrected chi connectivity index (χ0v) is 6.84. The molecule has 0 aliphatic carbocycles. The molecule has 2 rings (SSSR count). The quantitative estimate of drug-likeness (QED) is 0.549. The van der Waals surface area contributed by atoms with Crippen molar-refractivity contribution >= 4 is 22.5 Å². The van der Waals surface area contributed by atoms with Crippen molar-refractivity contribution in [2.45, 2.75) is 0 Å². The maximum absolute atomic E-state index is 5.71. The standard InChI is InChI=1S/C8H7ClN2/c1-11-3-2-6-4-8(9)10-5-7(6)11/h2-5H,1H3. The average Bonchev–Trinajstić information content (AvgIpc) is 2.32. The highest BCUT2D eigenvalue weighted by atomic mass is 35.5. The molecule has 56 valence electrons. The van der Waals surface area contributed by atoms with E-state index in [-0.39, 0.29) is 0 Å². The van der Waals surface area contributed by atoms with Crippen molar-refractivity contribution in [3.63, 3.8) is 0 Å². The van der Waals surface area contributed by atoms with Crippen LogP contribution in [0, 0.1) is 0 Å². The lowest BCUT2D eigenvalue weighted by Crippen LogP contribution is -1.84. The molecule has 0 amide bonds. The van der Waals surface area contributed by atoms with Crippen LogP contribution >= 0.6 is 11.6 Å². The van der Waals surface area contributed by atoms with Crippen LogP contribution in [0.3, 0.4) is 0 Å². The van der Waals surface area contributed by atoms with E-state index in [0.29, 0.717) is 5.15 Å². The van der Waals surface area contributed by atoms with Gasteiger partial charge in [-0.2, -0.15) is 0 Å². The summed E-state index contributed by atoms with van der Waals surface area (Å²) in [5.41, 5.74) is 1.11. The van der Waals surface area contributed by atoms with Gasteiger partial charge in [0.15, 0.2) is 0 Å². The molecule has 0 bridgehead atoms. The Kier molecular flexibility index (Phi) is 1.36. The molecule has 0 aliphatic heterocycles. The second-order valence-electron chi connectivity index (χ2n) is 2.49. The van der Waals surface area contributed by atoms with E-state index in [1.54, 1.807) is 6.20 Å². The normalized spacial score (nSPS) is 10.7. The first-order chi connectivity index (χ1) is 5.27. The van der Waals surface area contributed by atoms with Crippen molar-refractivity contribution in [1.82, 2.24) is 9.55 Å². The molecule has 0 atom stereocenters. The molecule has 2 nitrogen and oxygen atoms in total. The van der Waals surface area contributed by atoms with Gasteiger partial charge in [-0.15, -0.1) is 0 Å². The highest BCUT2D eigenvalue weighted by Crippen LogP contribution is 2.16. The van der Waals surface area contributed by atoms with Crippen LogP contribution in [0.4, 0.5) is 0 Å². The van der Waals surface area contributed by atoms with Crippen molar-refractivity contribution in [3.8, 4) is 0 Å². The molecule has 0 spiro atoms. The summed E-state index contributed by atoms with van der Waals surface area (Å²) < 4.78 is 2.01. The van der Waals surface area contributed by atoms with E-state index in [1.807, 2.05) is 29.9 Å². The van der Waals surface area contributed by atoms with E-state index in [0.717, 1.165) is 10.9 Å². The molecule has 0 saturated heterocycles. The predicted molar refractivity (Wildman–Crippen MR) is 45.7 cm³/mol. The van der Waals surface area contributed by atoms with Crippen LogP contribution < -0.4 is 0 Å². The minimum Gasteiger partial charge on any atom is -0.349 e. The predicted octanol–water partition coefficient (Wildman–Crippen LogP) is 2.23. The average molecular weight is 167 g/mol. The Morgan fingerprint density at radius 2 is 2.36 bits per heavy atom. The number of hydrogen-bond donors (Lipinski definition) is 0. The van der Waals surface area contributed by atoms with Crippen LogP contribution in [0.15, 0.2) is 24.5 Å². The van der Waals surface area contributed by atoms with Crippen molar-refractivity contribution in [1.29, 1.82) is 0 Å². The summed E-state index contributed by atoms with van der Waals surface area (Å²) in [4.78, 5) is 3.98. The van der Waals surface area contributed by atoms with Crippen molar-refractivity contribution < 1.29 is 0 Å². The van der Waals surface area contributed by atoms with Gasteiger partial charge in [0, 0.05) is 18.6 Å². The lowest BCUT2D eigenvalue weighted by atomic mass is 10.3. The van der Waals surface area contributed by atoms with Crippen LogP contribution in [0.2, 0.25) is 5.15 Å². The number of pyridine rings is 1. The molecular weight excluding hydrogens is 160 g/mol. The zero-order chi connectivity index (χ0) is 7.84. The largest absolute Gasteiger partial charge is 0.349 e. The van der Waals surface area contributed by atoms with E-state index >= 15 is 0 Å². The third-order valence-electron chi connectivity index (χ3n) is 1.74. The molecule has 0 aromatic carbocycles. The van der Waals surface area contributed by atoms with E-state index in [4.69, 9.17) is 11.6 Å². The second kappa shape index (κ2) is 2.24. The minimum absolute atomic E-state index is 0.545. The van der Waals surface area contributed by atoms with Gasteiger partial charge in [0.05, 0.1) is 11.7 Å². The van der Waals surface area contributed by atoms with Crippen molar-refractivity contribution in [3.05, 3.63) is 29.7 Å². The maximum atomic E-state index is 5.71. The Hall–Kier alpha value is -1.02. The zero-order valence-electron chi connectivity index (χ0n) is 6.08. The summed E-state index contributed by atoms with van der Waals surface area (Å²) in [6.07, 6.45) is 3.76. The molecule has 0 saturated carbocycles. The van der Waals surface area contributed by atoms with Gasteiger partial charge in [-0.25, -0.2) is 4.98 Å². The molecule has 0 aliphatic rings. The van der Waals surface area contributed by atoms with Crippen LogP contribution in [0.1, 0.15) is 0 Å². The van der Waals surface area contributed by atoms with Gasteiger partial charge in [0.25, 0.3) is 0 Å². The summed E-state index contributed by atoms with van der Waals surface area (Å²) in [6.45, 7) is 0. The Balaban J connectivity index is 2.86. The minimum atomic E-state index is 0.545. The third kappa shape index (κ3) is 0.994. The number of halogens is 1. The van der Waals surface area contributed by atoms with E-state index < -0.39 is 0 Å². The van der Waals surface area contributed by atoms with Crippen LogP contribution in [0.25, 0.3) is 10.9 Å². The number of fused-ring (bicyclic) bond motifs is 1. The third-order valence-corrected chi connectivity index (χ3v) is 1.94. The smallest absolute Gasteiger partial charge is 0.129 e. The molecule has 0 unspecified atom stereocenters. The topological polar surface area (TPSA) is 17.8 Å². The first-order valence-corrected chi connectivity index (χ1v) is 3.72. The number of rotatable bonds is 0. The number of aromatic nitrogens is 2. The first-order valence-electron chi connectivity index (χ1n) is 3.34. The lowest BCUT2D eigenvalue weighted by molar-refractivity contribution is 0.965. The molecule has 11 heavy (non-hydrogen) atoms. The summed E-state index contributed by atoms with van der Waals surface area (Å²) in [7, 11) is 1.98. The highest BCUT2D eigenvalue weighted by Gasteiger charge is 1.97.